The molecule has 0 aromatic rings. The van der Waals surface area contributed by atoms with Crippen LogP contribution in [-0.4, -0.2) is 36.5 Å². The fourth-order valence-electron chi connectivity index (χ4n) is 1.17. The average molecular weight is 146 g/mol. The van der Waals surface area contributed by atoms with E-state index < -0.39 is 0 Å². The van der Waals surface area contributed by atoms with Crippen molar-refractivity contribution in [3.63, 3.8) is 0 Å². The van der Waals surface area contributed by atoms with E-state index in [0.29, 0.717) is 0 Å². The summed E-state index contributed by atoms with van der Waals surface area (Å²) in [5, 5.41) is 10.4. The van der Waals surface area contributed by atoms with Crippen molar-refractivity contribution >= 4 is 0 Å². The molecule has 1 aliphatic rings. The fraction of sp³-hybridized carbons (Fsp3) is 1.00. The lowest BCUT2D eigenvalue weighted by molar-refractivity contribution is -0.148. The highest BCUT2D eigenvalue weighted by atomic mass is 16.7. The minimum Gasteiger partial charge on any atom is -0.317 e. The molecule has 0 unspecified atom stereocenters. The number of nitrogens with zero attached hydrogens (tertiary/aromatic N) is 1. The highest BCUT2D eigenvalue weighted by Crippen LogP contribution is 2.08. The van der Waals surface area contributed by atoms with Gasteiger partial charge in [-0.15, -0.1) is 0 Å². The third kappa shape index (κ3) is 1.91. The van der Waals surface area contributed by atoms with Crippen LogP contribution in [0.1, 0.15) is 12.8 Å². The third-order valence-electron chi connectivity index (χ3n) is 1.89. The van der Waals surface area contributed by atoms with Crippen molar-refractivity contribution in [3.05, 3.63) is 0 Å². The lowest BCUT2D eigenvalue weighted by Crippen LogP contribution is -2.40. The summed E-state index contributed by atoms with van der Waals surface area (Å²) in [5.41, 5.74) is 2.27. The molecule has 60 valence electrons. The van der Waals surface area contributed by atoms with Crippen LogP contribution in [0.25, 0.3) is 0 Å². The Hall–Kier alpha value is -0.160. The van der Waals surface area contributed by atoms with Crippen LogP contribution in [0.5, 0.6) is 0 Å². The molecule has 1 saturated heterocycles. The van der Waals surface area contributed by atoms with E-state index in [-0.39, 0.29) is 6.04 Å². The second-order valence-corrected chi connectivity index (χ2v) is 2.51. The smallest absolute Gasteiger partial charge is 0.0575 e. The predicted octanol–water partition coefficient (Wildman–Crippen LogP) is -0.00900. The Labute approximate surface area is 60.7 Å². The van der Waals surface area contributed by atoms with Gasteiger partial charge in [0.2, 0.25) is 0 Å². The van der Waals surface area contributed by atoms with Gasteiger partial charge in [0.25, 0.3) is 0 Å². The van der Waals surface area contributed by atoms with Crippen molar-refractivity contribution in [3.8, 4) is 0 Å². The Morgan fingerprint density at radius 2 is 2.10 bits per heavy atom. The molecule has 0 amide bonds. The molecule has 1 aliphatic heterocycles. The van der Waals surface area contributed by atoms with Crippen LogP contribution in [0.15, 0.2) is 0 Å². The predicted molar refractivity (Wildman–Crippen MR) is 36.5 cm³/mol. The molecule has 0 saturated carbocycles. The fourth-order valence-corrected chi connectivity index (χ4v) is 1.17. The Balaban J connectivity index is 2.17. The first-order chi connectivity index (χ1) is 4.86. The molecule has 0 aliphatic carbocycles. The molecule has 10 heavy (non-hydrogen) atoms. The van der Waals surface area contributed by atoms with Crippen LogP contribution in [0.2, 0.25) is 0 Å². The zero-order chi connectivity index (χ0) is 7.40. The molecular formula is C6H14N2O2. The van der Waals surface area contributed by atoms with Crippen molar-refractivity contribution in [2.45, 2.75) is 18.9 Å². The van der Waals surface area contributed by atoms with E-state index in [4.69, 9.17) is 10.0 Å². The van der Waals surface area contributed by atoms with E-state index in [2.05, 4.69) is 5.48 Å². The monoisotopic (exact) mass is 146 g/mol. The summed E-state index contributed by atoms with van der Waals surface area (Å²) in [5.74, 6) is 0. The van der Waals surface area contributed by atoms with Crippen molar-refractivity contribution in [2.75, 3.05) is 20.2 Å². The molecule has 0 bridgehead atoms. The van der Waals surface area contributed by atoms with Crippen molar-refractivity contribution < 1.29 is 10.0 Å². The third-order valence-corrected chi connectivity index (χ3v) is 1.89. The van der Waals surface area contributed by atoms with E-state index in [1.54, 1.807) is 7.11 Å². The normalized spacial score (nSPS) is 23.4. The standard InChI is InChI=1S/C6H14N2O2/c1-10-8-4-2-6(7-9)3-5-8/h6-7,9H,2-5H2,1H3. The summed E-state index contributed by atoms with van der Waals surface area (Å²) in [4.78, 5) is 5.01. The molecule has 0 aromatic carbocycles. The summed E-state index contributed by atoms with van der Waals surface area (Å²) < 4.78 is 0. The van der Waals surface area contributed by atoms with Gasteiger partial charge in [-0.1, -0.05) is 0 Å². The number of nitrogens with one attached hydrogen (secondary N) is 1. The Morgan fingerprint density at radius 3 is 2.50 bits per heavy atom. The SMILES string of the molecule is CON1CCC(NO)CC1. The summed E-state index contributed by atoms with van der Waals surface area (Å²) in [6.45, 7) is 1.80. The molecule has 1 fully saturated rings. The van der Waals surface area contributed by atoms with E-state index >= 15 is 0 Å². The molecule has 4 nitrogen and oxygen atoms in total. The molecule has 0 atom stereocenters. The number of hydroxylamine groups is 3. The largest absolute Gasteiger partial charge is 0.317 e. The lowest BCUT2D eigenvalue weighted by atomic mass is 10.1. The van der Waals surface area contributed by atoms with Crippen molar-refractivity contribution in [1.82, 2.24) is 10.5 Å². The average Bonchev–Trinajstić information content (AvgIpc) is 2.05. The van der Waals surface area contributed by atoms with Crippen LogP contribution in [0.4, 0.5) is 0 Å². The van der Waals surface area contributed by atoms with Crippen LogP contribution >= 0.6 is 0 Å². The number of hydrogen-bond acceptors (Lipinski definition) is 4. The van der Waals surface area contributed by atoms with Gasteiger partial charge in [-0.25, -0.2) is 5.48 Å². The highest BCUT2D eigenvalue weighted by molar-refractivity contribution is 4.70. The quantitative estimate of drug-likeness (QED) is 0.538. The minimum atomic E-state index is 0.256. The Morgan fingerprint density at radius 1 is 1.50 bits per heavy atom. The maximum absolute atomic E-state index is 8.54. The second kappa shape index (κ2) is 3.88. The minimum absolute atomic E-state index is 0.256. The maximum Gasteiger partial charge on any atom is 0.0575 e. The van der Waals surface area contributed by atoms with Gasteiger partial charge in [0.05, 0.1) is 7.11 Å². The number of hydrogen-bond donors (Lipinski definition) is 2. The van der Waals surface area contributed by atoms with Gasteiger partial charge in [0, 0.05) is 19.1 Å². The molecule has 4 heteroatoms. The van der Waals surface area contributed by atoms with Crippen LogP contribution in [-0.2, 0) is 4.84 Å². The van der Waals surface area contributed by atoms with Gasteiger partial charge in [-0.2, -0.15) is 5.06 Å². The van der Waals surface area contributed by atoms with E-state index in [9.17, 15) is 0 Å². The molecular weight excluding hydrogens is 132 g/mol. The van der Waals surface area contributed by atoms with Gasteiger partial charge in [0.15, 0.2) is 0 Å². The van der Waals surface area contributed by atoms with Crippen LogP contribution in [0, 0.1) is 0 Å². The Kier molecular flexibility index (Phi) is 3.08. The first-order valence-electron chi connectivity index (χ1n) is 3.55. The molecule has 0 spiro atoms. The van der Waals surface area contributed by atoms with E-state index in [1.165, 1.54) is 0 Å². The first kappa shape index (κ1) is 7.94. The molecule has 0 radical (unpaired) electrons. The zero-order valence-corrected chi connectivity index (χ0v) is 6.21. The zero-order valence-electron chi connectivity index (χ0n) is 6.21. The molecule has 2 N–H and O–H groups in total. The van der Waals surface area contributed by atoms with Crippen molar-refractivity contribution in [2.24, 2.45) is 0 Å². The van der Waals surface area contributed by atoms with Crippen molar-refractivity contribution in [1.29, 1.82) is 0 Å². The number of rotatable bonds is 2. The van der Waals surface area contributed by atoms with Gasteiger partial charge in [-0.05, 0) is 12.8 Å². The van der Waals surface area contributed by atoms with E-state index in [0.717, 1.165) is 25.9 Å². The lowest BCUT2D eigenvalue weighted by Gasteiger charge is -2.28. The first-order valence-corrected chi connectivity index (χ1v) is 3.55. The highest BCUT2D eigenvalue weighted by Gasteiger charge is 2.17. The van der Waals surface area contributed by atoms with Crippen LogP contribution in [0.3, 0.4) is 0 Å². The van der Waals surface area contributed by atoms with E-state index in [1.807, 2.05) is 5.06 Å². The van der Waals surface area contributed by atoms with Gasteiger partial charge in [0.1, 0.15) is 0 Å². The summed E-state index contributed by atoms with van der Waals surface area (Å²) >= 11 is 0. The Bertz CT molecular complexity index is 79.7. The summed E-state index contributed by atoms with van der Waals surface area (Å²) in [6.07, 6.45) is 1.90. The maximum atomic E-state index is 8.54. The van der Waals surface area contributed by atoms with Crippen LogP contribution < -0.4 is 5.48 Å². The number of piperidine rings is 1. The topological polar surface area (TPSA) is 44.7 Å². The summed E-state index contributed by atoms with van der Waals surface area (Å²) in [6, 6.07) is 0.256. The van der Waals surface area contributed by atoms with Gasteiger partial charge < -0.3 is 10.0 Å². The molecule has 0 aromatic heterocycles. The summed E-state index contributed by atoms with van der Waals surface area (Å²) in [7, 11) is 1.67. The van der Waals surface area contributed by atoms with Gasteiger partial charge >= 0.3 is 0 Å². The molecule has 1 heterocycles. The van der Waals surface area contributed by atoms with Gasteiger partial charge in [-0.3, -0.25) is 0 Å². The molecule has 1 rings (SSSR count). The second-order valence-electron chi connectivity index (χ2n) is 2.51.